The van der Waals surface area contributed by atoms with Gasteiger partial charge in [0, 0.05) is 6.54 Å². The van der Waals surface area contributed by atoms with Crippen LogP contribution in [0.2, 0.25) is 0 Å². The molecule has 29 heavy (non-hydrogen) atoms. The molecule has 0 bridgehead atoms. The summed E-state index contributed by atoms with van der Waals surface area (Å²) in [5.74, 6) is 0.0519. The molecule has 0 saturated heterocycles. The van der Waals surface area contributed by atoms with Gasteiger partial charge in [-0.3, -0.25) is 9.10 Å². The van der Waals surface area contributed by atoms with Gasteiger partial charge in [0.2, 0.25) is 10.0 Å². The first kappa shape index (κ1) is 21.2. The number of anilines is 1. The number of fused-ring (bicyclic) bond motifs is 1. The highest BCUT2D eigenvalue weighted by molar-refractivity contribution is 7.92. The van der Waals surface area contributed by atoms with Crippen molar-refractivity contribution in [3.8, 4) is 5.75 Å². The summed E-state index contributed by atoms with van der Waals surface area (Å²) < 4.78 is 32.0. The normalized spacial score (nSPS) is 16.7. The van der Waals surface area contributed by atoms with Crippen LogP contribution in [0.25, 0.3) is 0 Å². The summed E-state index contributed by atoms with van der Waals surface area (Å²) in [5.41, 5.74) is 3.42. The van der Waals surface area contributed by atoms with Crippen LogP contribution >= 0.6 is 0 Å². The van der Waals surface area contributed by atoms with E-state index >= 15 is 0 Å². The van der Waals surface area contributed by atoms with Crippen molar-refractivity contribution in [3.05, 3.63) is 59.2 Å². The summed E-state index contributed by atoms with van der Waals surface area (Å²) in [6.45, 7) is 8.47. The van der Waals surface area contributed by atoms with E-state index in [0.29, 0.717) is 18.0 Å². The fraction of sp³-hybridized carbons (Fsp3) is 0.409. The van der Waals surface area contributed by atoms with Crippen LogP contribution in [-0.2, 0) is 26.8 Å². The molecule has 3 rings (SSSR count). The lowest BCUT2D eigenvalue weighted by molar-refractivity contribution is -0.127. The first-order valence-electron chi connectivity index (χ1n) is 9.57. The zero-order valence-corrected chi connectivity index (χ0v) is 18.3. The minimum absolute atomic E-state index is 0.0565. The number of hydrogen-bond donors (Lipinski definition) is 1. The Morgan fingerprint density at radius 1 is 1.21 bits per heavy atom. The molecule has 1 N–H and O–H groups in total. The van der Waals surface area contributed by atoms with Crippen LogP contribution < -0.4 is 14.4 Å². The number of sulfonamides is 1. The Morgan fingerprint density at radius 2 is 1.93 bits per heavy atom. The number of ether oxygens (including phenoxy) is 1. The van der Waals surface area contributed by atoms with Gasteiger partial charge in [-0.25, -0.2) is 8.42 Å². The number of nitrogens with zero attached hydrogens (tertiary/aromatic N) is 1. The fourth-order valence-corrected chi connectivity index (χ4v) is 4.20. The molecule has 2 aromatic rings. The van der Waals surface area contributed by atoms with E-state index in [1.165, 1.54) is 4.31 Å². The zero-order chi connectivity index (χ0) is 21.4. The number of carbonyl (C=O) groups excluding carboxylic acids is 1. The van der Waals surface area contributed by atoms with E-state index in [1.54, 1.807) is 6.07 Å². The summed E-state index contributed by atoms with van der Waals surface area (Å²) in [6, 6.07) is 13.3. The lowest BCUT2D eigenvalue weighted by Gasteiger charge is -2.35. The van der Waals surface area contributed by atoms with Crippen molar-refractivity contribution in [1.82, 2.24) is 5.32 Å². The monoisotopic (exact) mass is 416 g/mol. The predicted molar refractivity (Wildman–Crippen MR) is 115 cm³/mol. The molecule has 6 nitrogen and oxygen atoms in total. The van der Waals surface area contributed by atoms with E-state index in [4.69, 9.17) is 4.74 Å². The molecule has 0 fully saturated rings. The second-order valence-corrected chi connectivity index (χ2v) is 10.4. The molecule has 0 aromatic heterocycles. The standard InChI is InChI=1S/C22H28N2O4S/c1-15-7-6-8-16(11-15)13-23-21(25)20-14-24(29(5,26)27)18-12-17(22(2,3)4)9-10-19(18)28-20/h6-12,20H,13-14H2,1-5H3,(H,23,25)/t20-/m1/s1. The number of nitrogens with one attached hydrogen (secondary N) is 1. The molecule has 2 aromatic carbocycles. The number of rotatable bonds is 4. The Labute approximate surface area is 172 Å². The maximum atomic E-state index is 12.7. The van der Waals surface area contributed by atoms with Gasteiger partial charge in [-0.2, -0.15) is 0 Å². The third-order valence-electron chi connectivity index (χ3n) is 4.94. The summed E-state index contributed by atoms with van der Waals surface area (Å²) in [5, 5.41) is 2.85. The maximum Gasteiger partial charge on any atom is 0.263 e. The van der Waals surface area contributed by atoms with Crippen molar-refractivity contribution in [3.63, 3.8) is 0 Å². The van der Waals surface area contributed by atoms with E-state index in [0.717, 1.165) is 22.9 Å². The summed E-state index contributed by atoms with van der Waals surface area (Å²) >= 11 is 0. The van der Waals surface area contributed by atoms with Gasteiger partial charge < -0.3 is 10.1 Å². The second kappa shape index (κ2) is 7.71. The van der Waals surface area contributed by atoms with Crippen LogP contribution in [0.4, 0.5) is 5.69 Å². The highest BCUT2D eigenvalue weighted by Crippen LogP contribution is 2.38. The minimum atomic E-state index is -3.57. The molecule has 156 valence electrons. The van der Waals surface area contributed by atoms with Gasteiger partial charge in [0.05, 0.1) is 18.5 Å². The summed E-state index contributed by atoms with van der Waals surface area (Å²) in [7, 11) is -3.57. The Hall–Kier alpha value is -2.54. The first-order chi connectivity index (χ1) is 13.4. The van der Waals surface area contributed by atoms with E-state index in [9.17, 15) is 13.2 Å². The average Bonchev–Trinajstić information content (AvgIpc) is 2.63. The molecule has 0 spiro atoms. The highest BCUT2D eigenvalue weighted by atomic mass is 32.2. The van der Waals surface area contributed by atoms with Crippen molar-refractivity contribution in [2.45, 2.75) is 45.8 Å². The lowest BCUT2D eigenvalue weighted by Crippen LogP contribution is -2.50. The van der Waals surface area contributed by atoms with Crippen molar-refractivity contribution in [2.75, 3.05) is 17.1 Å². The Kier molecular flexibility index (Phi) is 5.63. The van der Waals surface area contributed by atoms with Gasteiger partial charge in [-0.1, -0.05) is 56.7 Å². The lowest BCUT2D eigenvalue weighted by atomic mass is 9.86. The van der Waals surface area contributed by atoms with Gasteiger partial charge in [0.15, 0.2) is 6.10 Å². The Morgan fingerprint density at radius 3 is 2.55 bits per heavy atom. The molecule has 0 unspecified atom stereocenters. The van der Waals surface area contributed by atoms with E-state index in [1.807, 2.05) is 43.3 Å². The van der Waals surface area contributed by atoms with E-state index < -0.39 is 16.1 Å². The van der Waals surface area contributed by atoms with Gasteiger partial charge in [0.1, 0.15) is 5.75 Å². The van der Waals surface area contributed by atoms with Gasteiger partial charge in [0.25, 0.3) is 5.91 Å². The molecule has 1 aliphatic rings. The molecule has 1 heterocycles. The van der Waals surface area contributed by atoms with Crippen LogP contribution in [0.15, 0.2) is 42.5 Å². The average molecular weight is 417 g/mol. The van der Waals surface area contributed by atoms with Crippen LogP contribution in [0.1, 0.15) is 37.5 Å². The Bertz CT molecular complexity index is 1030. The van der Waals surface area contributed by atoms with Gasteiger partial charge in [-0.05, 0) is 35.6 Å². The molecule has 1 atom stereocenters. The maximum absolute atomic E-state index is 12.7. The molecule has 0 aliphatic carbocycles. The summed E-state index contributed by atoms with van der Waals surface area (Å²) in [6.07, 6.45) is 0.232. The number of amides is 1. The molecule has 7 heteroatoms. The zero-order valence-electron chi connectivity index (χ0n) is 17.5. The van der Waals surface area contributed by atoms with Crippen LogP contribution in [0.3, 0.4) is 0 Å². The van der Waals surface area contributed by atoms with Gasteiger partial charge >= 0.3 is 0 Å². The number of hydrogen-bond acceptors (Lipinski definition) is 4. The van der Waals surface area contributed by atoms with Crippen molar-refractivity contribution in [2.24, 2.45) is 0 Å². The molecule has 1 amide bonds. The van der Waals surface area contributed by atoms with Gasteiger partial charge in [-0.15, -0.1) is 0 Å². The number of aryl methyl sites for hydroxylation is 1. The van der Waals surface area contributed by atoms with Crippen LogP contribution in [-0.4, -0.2) is 33.2 Å². The molecular formula is C22H28N2O4S. The van der Waals surface area contributed by atoms with Crippen LogP contribution in [0.5, 0.6) is 5.75 Å². The number of benzene rings is 2. The first-order valence-corrected chi connectivity index (χ1v) is 11.4. The molecular weight excluding hydrogens is 388 g/mol. The second-order valence-electron chi connectivity index (χ2n) is 8.54. The number of carbonyl (C=O) groups is 1. The quantitative estimate of drug-likeness (QED) is 0.831. The smallest absolute Gasteiger partial charge is 0.263 e. The third kappa shape index (κ3) is 4.90. The Balaban J connectivity index is 1.84. The van der Waals surface area contributed by atoms with Crippen LogP contribution in [0, 0.1) is 6.92 Å². The molecule has 0 radical (unpaired) electrons. The highest BCUT2D eigenvalue weighted by Gasteiger charge is 2.35. The van der Waals surface area contributed by atoms with E-state index in [2.05, 4.69) is 26.1 Å². The molecule has 1 aliphatic heterocycles. The molecule has 0 saturated carbocycles. The third-order valence-corrected chi connectivity index (χ3v) is 6.08. The van der Waals surface area contributed by atoms with Crippen molar-refractivity contribution >= 4 is 21.6 Å². The minimum Gasteiger partial charge on any atom is -0.476 e. The topological polar surface area (TPSA) is 75.7 Å². The SMILES string of the molecule is Cc1cccc(CNC(=O)[C@H]2CN(S(C)(=O)=O)c3cc(C(C)(C)C)ccc3O2)c1. The predicted octanol–water partition coefficient (Wildman–Crippen LogP) is 3.14. The summed E-state index contributed by atoms with van der Waals surface area (Å²) in [4.78, 5) is 12.7. The van der Waals surface area contributed by atoms with Crippen molar-refractivity contribution in [1.29, 1.82) is 0 Å². The van der Waals surface area contributed by atoms with Crippen molar-refractivity contribution < 1.29 is 17.9 Å². The largest absolute Gasteiger partial charge is 0.476 e. The van der Waals surface area contributed by atoms with E-state index in [-0.39, 0.29) is 17.9 Å². The fourth-order valence-electron chi connectivity index (χ4n) is 3.29.